The molecule has 0 atom stereocenters. The summed E-state index contributed by atoms with van der Waals surface area (Å²) >= 11 is 0. The van der Waals surface area contributed by atoms with E-state index in [4.69, 9.17) is 22.0 Å². The first-order valence-corrected chi connectivity index (χ1v) is 5.95. The molecule has 0 aliphatic carbocycles. The lowest BCUT2D eigenvalue weighted by Crippen LogP contribution is -2.13. The summed E-state index contributed by atoms with van der Waals surface area (Å²) in [6.07, 6.45) is 0. The minimum absolute atomic E-state index is 0.217. The van der Waals surface area contributed by atoms with Crippen molar-refractivity contribution in [2.45, 2.75) is 0 Å². The predicted octanol–water partition coefficient (Wildman–Crippen LogP) is 1.85. The zero-order valence-corrected chi connectivity index (χ0v) is 10.9. The average molecular weight is 277 g/mol. The van der Waals surface area contributed by atoms with E-state index in [1.807, 2.05) is 12.1 Å². The van der Waals surface area contributed by atoms with Crippen molar-refractivity contribution in [2.75, 3.05) is 11.1 Å². The zero-order valence-electron chi connectivity index (χ0n) is 10.9. The molecule has 102 valence electrons. The summed E-state index contributed by atoms with van der Waals surface area (Å²) in [4.78, 5) is 11.2. The number of rotatable bonds is 3. The van der Waals surface area contributed by atoms with Crippen molar-refractivity contribution in [3.8, 4) is 12.1 Å². The summed E-state index contributed by atoms with van der Waals surface area (Å²) in [7, 11) is 0. The largest absolute Gasteiger partial charge is 0.398 e. The highest BCUT2D eigenvalue weighted by Gasteiger charge is 2.08. The number of hydrogen-bond donors (Lipinski definition) is 3. The molecule has 0 aromatic heterocycles. The number of amides is 1. The average Bonchev–Trinajstić information content (AvgIpc) is 2.48. The van der Waals surface area contributed by atoms with Crippen LogP contribution in [0.15, 0.2) is 36.4 Å². The van der Waals surface area contributed by atoms with E-state index in [0.717, 1.165) is 0 Å². The number of primary amides is 1. The second kappa shape index (κ2) is 5.64. The Kier molecular flexibility index (Phi) is 3.74. The number of nitrogens with two attached hydrogens (primary N) is 2. The van der Waals surface area contributed by atoms with E-state index < -0.39 is 5.91 Å². The van der Waals surface area contributed by atoms with E-state index in [1.165, 1.54) is 6.07 Å². The highest BCUT2D eigenvalue weighted by molar-refractivity contribution is 5.99. The Balaban J connectivity index is 2.35. The number of benzene rings is 2. The number of carbonyl (C=O) groups excluding carboxylic acids is 1. The van der Waals surface area contributed by atoms with Crippen molar-refractivity contribution in [1.82, 2.24) is 0 Å². The number of carbonyl (C=O) groups is 1. The maximum Gasteiger partial charge on any atom is 0.250 e. The Morgan fingerprint density at radius 2 is 1.62 bits per heavy atom. The van der Waals surface area contributed by atoms with Crippen LogP contribution in [-0.2, 0) is 0 Å². The molecule has 0 radical (unpaired) electrons. The first-order valence-electron chi connectivity index (χ1n) is 5.95. The summed E-state index contributed by atoms with van der Waals surface area (Å²) in [5, 5.41) is 20.9. The molecule has 0 spiro atoms. The SMILES string of the molecule is N#Cc1ccc(Nc2ccc(N)c(C(N)=O)c2)cc1C#N. The molecular weight excluding hydrogens is 266 g/mol. The van der Waals surface area contributed by atoms with Crippen molar-refractivity contribution in [3.05, 3.63) is 53.1 Å². The van der Waals surface area contributed by atoms with E-state index >= 15 is 0 Å². The third-order valence-electron chi connectivity index (χ3n) is 2.87. The molecule has 2 aromatic carbocycles. The normalized spacial score (nSPS) is 9.43. The van der Waals surface area contributed by atoms with Gasteiger partial charge >= 0.3 is 0 Å². The molecule has 0 saturated heterocycles. The first kappa shape index (κ1) is 13.9. The second-order valence-electron chi connectivity index (χ2n) is 4.28. The molecule has 0 heterocycles. The lowest BCUT2D eigenvalue weighted by Gasteiger charge is -2.09. The molecule has 2 rings (SSSR count). The highest BCUT2D eigenvalue weighted by Crippen LogP contribution is 2.23. The van der Waals surface area contributed by atoms with Crippen LogP contribution in [0.5, 0.6) is 0 Å². The van der Waals surface area contributed by atoms with E-state index in [2.05, 4.69) is 5.32 Å². The van der Waals surface area contributed by atoms with E-state index in [0.29, 0.717) is 22.6 Å². The lowest BCUT2D eigenvalue weighted by atomic mass is 10.1. The molecule has 5 N–H and O–H groups in total. The van der Waals surface area contributed by atoms with Crippen LogP contribution in [-0.4, -0.2) is 5.91 Å². The third-order valence-corrected chi connectivity index (χ3v) is 2.87. The topological polar surface area (TPSA) is 129 Å². The van der Waals surface area contributed by atoms with E-state index in [-0.39, 0.29) is 11.1 Å². The monoisotopic (exact) mass is 277 g/mol. The predicted molar refractivity (Wildman–Crippen MR) is 78.5 cm³/mol. The van der Waals surface area contributed by atoms with Gasteiger partial charge in [-0.1, -0.05) is 0 Å². The number of anilines is 3. The zero-order chi connectivity index (χ0) is 15.4. The summed E-state index contributed by atoms with van der Waals surface area (Å²) in [5.74, 6) is -0.617. The number of nitrogens with one attached hydrogen (secondary N) is 1. The molecule has 6 nitrogen and oxygen atoms in total. The van der Waals surface area contributed by atoms with Gasteiger partial charge in [-0.15, -0.1) is 0 Å². The van der Waals surface area contributed by atoms with Crippen molar-refractivity contribution in [2.24, 2.45) is 5.73 Å². The molecule has 6 heteroatoms. The number of nitrogens with zero attached hydrogens (tertiary/aromatic N) is 2. The van der Waals surface area contributed by atoms with Gasteiger partial charge in [0.05, 0.1) is 16.7 Å². The minimum Gasteiger partial charge on any atom is -0.398 e. The van der Waals surface area contributed by atoms with Crippen molar-refractivity contribution < 1.29 is 4.79 Å². The summed E-state index contributed by atoms with van der Waals surface area (Å²) in [5.41, 5.74) is 13.2. The first-order chi connectivity index (χ1) is 10.0. The van der Waals surface area contributed by atoms with Gasteiger partial charge in [-0.2, -0.15) is 10.5 Å². The Morgan fingerprint density at radius 1 is 1.00 bits per heavy atom. The van der Waals surface area contributed by atoms with E-state index in [9.17, 15) is 4.79 Å². The van der Waals surface area contributed by atoms with Gasteiger partial charge in [0.15, 0.2) is 0 Å². The van der Waals surface area contributed by atoms with Crippen LogP contribution in [0.1, 0.15) is 21.5 Å². The molecule has 0 unspecified atom stereocenters. The van der Waals surface area contributed by atoms with Crippen LogP contribution >= 0.6 is 0 Å². The van der Waals surface area contributed by atoms with Crippen molar-refractivity contribution in [3.63, 3.8) is 0 Å². The smallest absolute Gasteiger partial charge is 0.250 e. The molecule has 0 aliphatic heterocycles. The van der Waals surface area contributed by atoms with Gasteiger partial charge in [0, 0.05) is 17.1 Å². The molecule has 2 aromatic rings. The van der Waals surface area contributed by atoms with Crippen LogP contribution in [0.25, 0.3) is 0 Å². The minimum atomic E-state index is -0.617. The second-order valence-corrected chi connectivity index (χ2v) is 4.28. The number of hydrogen-bond acceptors (Lipinski definition) is 5. The maximum absolute atomic E-state index is 11.2. The summed E-state index contributed by atoms with van der Waals surface area (Å²) in [6, 6.07) is 13.4. The van der Waals surface area contributed by atoms with Gasteiger partial charge in [-0.25, -0.2) is 0 Å². The van der Waals surface area contributed by atoms with E-state index in [1.54, 1.807) is 30.3 Å². The van der Waals surface area contributed by atoms with Gasteiger partial charge in [-0.05, 0) is 36.4 Å². The van der Waals surface area contributed by atoms with Gasteiger partial charge in [-0.3, -0.25) is 4.79 Å². The highest BCUT2D eigenvalue weighted by atomic mass is 16.1. The van der Waals surface area contributed by atoms with Gasteiger partial charge in [0.25, 0.3) is 5.91 Å². The fourth-order valence-electron chi connectivity index (χ4n) is 1.83. The molecule has 0 bridgehead atoms. The maximum atomic E-state index is 11.2. The van der Waals surface area contributed by atoms with Crippen LogP contribution < -0.4 is 16.8 Å². The van der Waals surface area contributed by atoms with Gasteiger partial charge in [0.1, 0.15) is 12.1 Å². The van der Waals surface area contributed by atoms with Crippen molar-refractivity contribution in [1.29, 1.82) is 10.5 Å². The molecule has 0 saturated carbocycles. The van der Waals surface area contributed by atoms with Crippen molar-refractivity contribution >= 4 is 23.0 Å². The summed E-state index contributed by atoms with van der Waals surface area (Å²) < 4.78 is 0. The Morgan fingerprint density at radius 3 is 2.24 bits per heavy atom. The fraction of sp³-hybridized carbons (Fsp3) is 0. The molecule has 1 amide bonds. The number of nitrogen functional groups attached to an aromatic ring is 1. The fourth-order valence-corrected chi connectivity index (χ4v) is 1.83. The number of nitriles is 2. The quantitative estimate of drug-likeness (QED) is 0.737. The molecule has 0 aliphatic rings. The summed E-state index contributed by atoms with van der Waals surface area (Å²) in [6.45, 7) is 0. The van der Waals surface area contributed by atoms with Gasteiger partial charge in [0.2, 0.25) is 0 Å². The molecular formula is C15H11N5O. The van der Waals surface area contributed by atoms with Crippen LogP contribution in [0.4, 0.5) is 17.1 Å². The lowest BCUT2D eigenvalue weighted by molar-refractivity contribution is 0.100. The third kappa shape index (κ3) is 2.91. The van der Waals surface area contributed by atoms with Gasteiger partial charge < -0.3 is 16.8 Å². The Hall–Kier alpha value is -3.51. The molecule has 0 fully saturated rings. The molecule has 21 heavy (non-hydrogen) atoms. The standard InChI is InChI=1S/C15H11N5O/c16-7-9-1-2-11(5-10(9)8-17)20-12-3-4-14(18)13(6-12)15(19)21/h1-6,20H,18H2,(H2,19,21). The Labute approximate surface area is 121 Å². The van der Waals surface area contributed by atoms with Crippen LogP contribution in [0, 0.1) is 22.7 Å². The van der Waals surface area contributed by atoms with Crippen LogP contribution in [0.2, 0.25) is 0 Å². The Bertz CT molecular complexity index is 799. The van der Waals surface area contributed by atoms with Crippen LogP contribution in [0.3, 0.4) is 0 Å².